The Hall–Kier alpha value is -3.26. The van der Waals surface area contributed by atoms with Crippen LogP contribution in [0.25, 0.3) is 10.9 Å². The van der Waals surface area contributed by atoms with Crippen LogP contribution in [0.4, 0.5) is 5.82 Å². The van der Waals surface area contributed by atoms with Crippen LogP contribution in [-0.4, -0.2) is 39.7 Å². The number of aliphatic hydroxyl groups excluding tert-OH is 1. The molecule has 1 aromatic carbocycles. The summed E-state index contributed by atoms with van der Waals surface area (Å²) >= 11 is 0. The molecule has 3 rings (SSSR count). The highest BCUT2D eigenvalue weighted by Gasteiger charge is 2.21. The van der Waals surface area contributed by atoms with E-state index >= 15 is 0 Å². The lowest BCUT2D eigenvalue weighted by atomic mass is 10.1. The minimum absolute atomic E-state index is 0.195. The summed E-state index contributed by atoms with van der Waals surface area (Å²) in [5.74, 6) is -0.920. The standard InChI is InChI=1S/C16H14N4O4/c21-9-13(16(23)19-14-5-6-24-20-14)18-15(22)11-7-10-3-1-2-4-12(10)17-8-11/h1-8,13,21H,9H2,(H,18,22)(H,19,20,23)/t13-/m0/s1. The number of hydrogen-bond donors (Lipinski definition) is 3. The third-order valence-electron chi connectivity index (χ3n) is 3.35. The van der Waals surface area contributed by atoms with Crippen LogP contribution >= 0.6 is 0 Å². The smallest absolute Gasteiger partial charge is 0.253 e. The fourth-order valence-electron chi connectivity index (χ4n) is 2.12. The summed E-state index contributed by atoms with van der Waals surface area (Å²) in [7, 11) is 0. The molecule has 0 aliphatic heterocycles. The Balaban J connectivity index is 1.72. The van der Waals surface area contributed by atoms with Gasteiger partial charge < -0.3 is 20.3 Å². The predicted molar refractivity (Wildman–Crippen MR) is 85.2 cm³/mol. The molecule has 2 heterocycles. The number of carbonyl (C=O) groups excluding carboxylic acids is 2. The predicted octanol–water partition coefficient (Wildman–Crippen LogP) is 0.952. The number of nitrogens with zero attached hydrogens (tertiary/aromatic N) is 2. The van der Waals surface area contributed by atoms with Crippen molar-refractivity contribution in [2.75, 3.05) is 11.9 Å². The first kappa shape index (κ1) is 15.6. The second-order valence-corrected chi connectivity index (χ2v) is 5.00. The lowest BCUT2D eigenvalue weighted by Gasteiger charge is -2.15. The average Bonchev–Trinajstić information content (AvgIpc) is 3.11. The van der Waals surface area contributed by atoms with E-state index in [4.69, 9.17) is 0 Å². The molecule has 0 bridgehead atoms. The van der Waals surface area contributed by atoms with Crippen LogP contribution in [0.3, 0.4) is 0 Å². The summed E-state index contributed by atoms with van der Waals surface area (Å²) in [4.78, 5) is 28.5. The van der Waals surface area contributed by atoms with Crippen LogP contribution < -0.4 is 10.6 Å². The molecule has 8 nitrogen and oxygen atoms in total. The van der Waals surface area contributed by atoms with Crippen LogP contribution in [0.5, 0.6) is 0 Å². The molecule has 0 radical (unpaired) electrons. The summed E-state index contributed by atoms with van der Waals surface area (Å²) in [5.41, 5.74) is 1.05. The SMILES string of the molecule is O=C(N[C@@H](CO)C(=O)Nc1ccon1)c1cnc2ccccc2c1. The summed E-state index contributed by atoms with van der Waals surface area (Å²) in [6.07, 6.45) is 2.71. The van der Waals surface area contributed by atoms with E-state index in [1.54, 1.807) is 6.07 Å². The Kier molecular flexibility index (Phi) is 4.48. The fraction of sp³-hybridized carbons (Fsp3) is 0.125. The van der Waals surface area contributed by atoms with Gasteiger partial charge >= 0.3 is 0 Å². The van der Waals surface area contributed by atoms with Crippen LogP contribution in [0.15, 0.2) is 53.4 Å². The molecule has 0 aliphatic rings. The Labute approximate surface area is 136 Å². The van der Waals surface area contributed by atoms with Gasteiger partial charge in [0.05, 0.1) is 17.7 Å². The van der Waals surface area contributed by atoms with Gasteiger partial charge in [-0.2, -0.15) is 0 Å². The number of fused-ring (bicyclic) bond motifs is 1. The Morgan fingerprint density at radius 3 is 2.83 bits per heavy atom. The Morgan fingerprint density at radius 1 is 1.25 bits per heavy atom. The minimum Gasteiger partial charge on any atom is -0.394 e. The van der Waals surface area contributed by atoms with E-state index in [9.17, 15) is 14.7 Å². The number of aromatic nitrogens is 2. The maximum Gasteiger partial charge on any atom is 0.253 e. The first-order valence-corrected chi connectivity index (χ1v) is 7.15. The normalized spacial score (nSPS) is 11.9. The fourth-order valence-corrected chi connectivity index (χ4v) is 2.12. The molecule has 122 valence electrons. The lowest BCUT2D eigenvalue weighted by Crippen LogP contribution is -2.46. The zero-order chi connectivity index (χ0) is 16.9. The summed E-state index contributed by atoms with van der Waals surface area (Å²) in [6, 6.07) is 9.35. The van der Waals surface area contributed by atoms with E-state index in [0.29, 0.717) is 5.56 Å². The van der Waals surface area contributed by atoms with Crippen LogP contribution in [0.1, 0.15) is 10.4 Å². The van der Waals surface area contributed by atoms with E-state index in [-0.39, 0.29) is 5.82 Å². The Bertz CT molecular complexity index is 863. The number of hydrogen-bond acceptors (Lipinski definition) is 6. The average molecular weight is 326 g/mol. The molecule has 8 heteroatoms. The van der Waals surface area contributed by atoms with Gasteiger partial charge in [-0.1, -0.05) is 23.4 Å². The highest BCUT2D eigenvalue weighted by atomic mass is 16.5. The highest BCUT2D eigenvalue weighted by Crippen LogP contribution is 2.12. The van der Waals surface area contributed by atoms with Gasteiger partial charge in [-0.15, -0.1) is 0 Å². The largest absolute Gasteiger partial charge is 0.394 e. The highest BCUT2D eigenvalue weighted by molar-refractivity contribution is 6.02. The summed E-state index contributed by atoms with van der Waals surface area (Å²) in [6.45, 7) is -0.559. The zero-order valence-electron chi connectivity index (χ0n) is 12.5. The van der Waals surface area contributed by atoms with E-state index in [1.807, 2.05) is 24.3 Å². The zero-order valence-corrected chi connectivity index (χ0v) is 12.5. The van der Waals surface area contributed by atoms with Crippen molar-refractivity contribution < 1.29 is 19.2 Å². The topological polar surface area (TPSA) is 117 Å². The van der Waals surface area contributed by atoms with Gasteiger partial charge in [-0.3, -0.25) is 14.6 Å². The number of carbonyl (C=O) groups is 2. The number of rotatable bonds is 5. The van der Waals surface area contributed by atoms with Gasteiger partial charge in [0.25, 0.3) is 11.8 Å². The number of para-hydroxylation sites is 1. The molecule has 1 atom stereocenters. The molecule has 2 amide bonds. The number of anilines is 1. The van der Waals surface area contributed by atoms with Crippen molar-refractivity contribution in [2.24, 2.45) is 0 Å². The minimum atomic E-state index is -1.12. The van der Waals surface area contributed by atoms with E-state index in [2.05, 4.69) is 25.3 Å². The summed E-state index contributed by atoms with van der Waals surface area (Å²) in [5, 5.41) is 18.6. The van der Waals surface area contributed by atoms with Crippen molar-refractivity contribution in [3.8, 4) is 0 Å². The molecule has 0 saturated carbocycles. The van der Waals surface area contributed by atoms with Gasteiger partial charge in [0, 0.05) is 17.6 Å². The lowest BCUT2D eigenvalue weighted by molar-refractivity contribution is -0.118. The molecule has 24 heavy (non-hydrogen) atoms. The first-order valence-electron chi connectivity index (χ1n) is 7.15. The molecule has 3 N–H and O–H groups in total. The third-order valence-corrected chi connectivity index (χ3v) is 3.35. The molecule has 0 unspecified atom stereocenters. The van der Waals surface area contributed by atoms with Gasteiger partial charge in [0.1, 0.15) is 12.3 Å². The van der Waals surface area contributed by atoms with Crippen molar-refractivity contribution in [3.63, 3.8) is 0 Å². The molecule has 0 saturated heterocycles. The number of nitrogens with one attached hydrogen (secondary N) is 2. The molecular formula is C16H14N4O4. The number of amides is 2. The second kappa shape index (κ2) is 6.88. The van der Waals surface area contributed by atoms with E-state index in [0.717, 1.165) is 10.9 Å². The van der Waals surface area contributed by atoms with Crippen molar-refractivity contribution in [1.29, 1.82) is 0 Å². The van der Waals surface area contributed by atoms with Crippen LogP contribution in [-0.2, 0) is 4.79 Å². The maximum atomic E-state index is 12.3. The van der Waals surface area contributed by atoms with Crippen molar-refractivity contribution >= 4 is 28.5 Å². The van der Waals surface area contributed by atoms with Gasteiger partial charge in [0.2, 0.25) is 0 Å². The van der Waals surface area contributed by atoms with Crippen molar-refractivity contribution in [1.82, 2.24) is 15.5 Å². The molecule has 0 aliphatic carbocycles. The number of pyridine rings is 1. The third kappa shape index (κ3) is 3.39. The van der Waals surface area contributed by atoms with Gasteiger partial charge in [-0.05, 0) is 12.1 Å². The molecule has 2 aromatic heterocycles. The van der Waals surface area contributed by atoms with Crippen LogP contribution in [0, 0.1) is 0 Å². The molecule has 0 fully saturated rings. The Morgan fingerprint density at radius 2 is 2.08 bits per heavy atom. The molecular weight excluding hydrogens is 312 g/mol. The van der Waals surface area contributed by atoms with E-state index < -0.39 is 24.5 Å². The van der Waals surface area contributed by atoms with E-state index in [1.165, 1.54) is 18.5 Å². The summed E-state index contributed by atoms with van der Waals surface area (Å²) < 4.78 is 4.60. The second-order valence-electron chi connectivity index (χ2n) is 5.00. The van der Waals surface area contributed by atoms with Crippen LogP contribution in [0.2, 0.25) is 0 Å². The van der Waals surface area contributed by atoms with Crippen molar-refractivity contribution in [2.45, 2.75) is 6.04 Å². The molecule has 3 aromatic rings. The van der Waals surface area contributed by atoms with Crippen molar-refractivity contribution in [3.05, 3.63) is 54.4 Å². The quantitative estimate of drug-likeness (QED) is 0.642. The molecule has 0 spiro atoms. The number of benzene rings is 1. The first-order chi connectivity index (χ1) is 11.7. The maximum absolute atomic E-state index is 12.3. The number of aliphatic hydroxyl groups is 1. The monoisotopic (exact) mass is 326 g/mol. The van der Waals surface area contributed by atoms with Gasteiger partial charge in [-0.25, -0.2) is 0 Å². The van der Waals surface area contributed by atoms with Gasteiger partial charge in [0.15, 0.2) is 5.82 Å².